The number of amides is 1. The average Bonchev–Trinajstić information content (AvgIpc) is 2.60. The first kappa shape index (κ1) is 16.3. The van der Waals surface area contributed by atoms with Crippen molar-refractivity contribution >= 4 is 33.7 Å². The van der Waals surface area contributed by atoms with Gasteiger partial charge in [0.25, 0.3) is 0 Å². The van der Waals surface area contributed by atoms with Crippen molar-refractivity contribution in [1.82, 2.24) is 0 Å². The molecule has 7 heteroatoms. The van der Waals surface area contributed by atoms with Gasteiger partial charge in [0, 0.05) is 4.47 Å². The maximum Gasteiger partial charge on any atom is 0.419 e. The summed E-state index contributed by atoms with van der Waals surface area (Å²) in [5, 5.41) is 0. The van der Waals surface area contributed by atoms with Crippen LogP contribution < -0.4 is 14.4 Å². The molecule has 3 rings (SSSR count). The number of carbonyl (C=O) groups is 2. The highest BCUT2D eigenvalue weighted by atomic mass is 79.9. The molecule has 0 unspecified atom stereocenters. The van der Waals surface area contributed by atoms with Crippen LogP contribution in [0.4, 0.5) is 10.5 Å². The van der Waals surface area contributed by atoms with Crippen LogP contribution in [-0.4, -0.2) is 32.3 Å². The number of anilines is 1. The first-order valence-electron chi connectivity index (χ1n) is 7.19. The van der Waals surface area contributed by atoms with Gasteiger partial charge in [0.15, 0.2) is 0 Å². The third-order valence-electron chi connectivity index (χ3n) is 3.49. The zero-order valence-corrected chi connectivity index (χ0v) is 14.4. The summed E-state index contributed by atoms with van der Waals surface area (Å²) < 4.78 is 16.2. The molecule has 2 aromatic rings. The minimum Gasteiger partial charge on any atom is -0.489 e. The maximum absolute atomic E-state index is 12.5. The van der Waals surface area contributed by atoms with E-state index in [0.717, 1.165) is 0 Å². The zero-order valence-electron chi connectivity index (χ0n) is 12.8. The van der Waals surface area contributed by atoms with Crippen LogP contribution in [-0.2, 0) is 4.74 Å². The summed E-state index contributed by atoms with van der Waals surface area (Å²) in [6.07, 6.45) is -0.538. The van der Waals surface area contributed by atoms with Crippen molar-refractivity contribution in [1.29, 1.82) is 0 Å². The van der Waals surface area contributed by atoms with Gasteiger partial charge in [-0.2, -0.15) is 0 Å². The molecule has 0 bridgehead atoms. The molecule has 0 saturated heterocycles. The Balaban J connectivity index is 1.92. The Morgan fingerprint density at radius 2 is 1.96 bits per heavy atom. The van der Waals surface area contributed by atoms with Gasteiger partial charge in [-0.15, -0.1) is 0 Å². The second-order valence-electron chi connectivity index (χ2n) is 4.97. The summed E-state index contributed by atoms with van der Waals surface area (Å²) in [6, 6.07) is 12.0. The van der Waals surface area contributed by atoms with Crippen LogP contribution in [0.25, 0.3) is 0 Å². The minimum absolute atomic E-state index is 0.305. The summed E-state index contributed by atoms with van der Waals surface area (Å²) in [5.74, 6) is 0.429. The summed E-state index contributed by atoms with van der Waals surface area (Å²) in [5.41, 5.74) is 0.769. The highest BCUT2D eigenvalue weighted by Crippen LogP contribution is 2.37. The van der Waals surface area contributed by atoms with Gasteiger partial charge in [0.05, 0.1) is 24.9 Å². The number of nitrogens with zero attached hydrogens (tertiary/aromatic N) is 1. The maximum atomic E-state index is 12.5. The monoisotopic (exact) mass is 391 g/mol. The second kappa shape index (κ2) is 6.92. The number of para-hydroxylation sites is 1. The van der Waals surface area contributed by atoms with Gasteiger partial charge >= 0.3 is 12.1 Å². The van der Waals surface area contributed by atoms with Crippen LogP contribution in [0.5, 0.6) is 11.5 Å². The van der Waals surface area contributed by atoms with E-state index in [1.165, 1.54) is 12.0 Å². The van der Waals surface area contributed by atoms with Crippen LogP contribution in [0, 0.1) is 0 Å². The molecular formula is C17H14BrNO5. The Labute approximate surface area is 147 Å². The lowest BCUT2D eigenvalue weighted by Crippen LogP contribution is -2.40. The minimum atomic E-state index is -0.538. The molecule has 1 heterocycles. The molecule has 0 N–H and O–H groups in total. The van der Waals surface area contributed by atoms with E-state index < -0.39 is 12.1 Å². The van der Waals surface area contributed by atoms with Gasteiger partial charge in [0.1, 0.15) is 18.1 Å². The van der Waals surface area contributed by atoms with E-state index in [4.69, 9.17) is 14.2 Å². The van der Waals surface area contributed by atoms with Crippen molar-refractivity contribution < 1.29 is 23.8 Å². The van der Waals surface area contributed by atoms with E-state index in [9.17, 15) is 9.59 Å². The summed E-state index contributed by atoms with van der Waals surface area (Å²) in [4.78, 5) is 25.8. The van der Waals surface area contributed by atoms with Gasteiger partial charge in [-0.1, -0.05) is 18.2 Å². The SMILES string of the molecule is COC(=O)c1cc2c(cc1Br)OCCN2C(=O)Oc1ccccc1. The Bertz CT molecular complexity index is 778. The van der Waals surface area contributed by atoms with Crippen LogP contribution in [0.2, 0.25) is 0 Å². The lowest BCUT2D eigenvalue weighted by molar-refractivity contribution is 0.0599. The number of hydrogen-bond acceptors (Lipinski definition) is 5. The molecule has 0 aliphatic carbocycles. The molecule has 0 atom stereocenters. The summed E-state index contributed by atoms with van der Waals surface area (Å²) in [6.45, 7) is 0.655. The van der Waals surface area contributed by atoms with Crippen LogP contribution in [0.1, 0.15) is 10.4 Å². The zero-order chi connectivity index (χ0) is 17.1. The van der Waals surface area contributed by atoms with Gasteiger partial charge in [-0.05, 0) is 40.2 Å². The molecule has 0 saturated carbocycles. The third kappa shape index (κ3) is 3.21. The largest absolute Gasteiger partial charge is 0.489 e. The predicted molar refractivity (Wildman–Crippen MR) is 90.8 cm³/mol. The smallest absolute Gasteiger partial charge is 0.419 e. The number of fused-ring (bicyclic) bond motifs is 1. The Morgan fingerprint density at radius 3 is 2.67 bits per heavy atom. The molecule has 2 aromatic carbocycles. The van der Waals surface area contributed by atoms with Crippen LogP contribution >= 0.6 is 15.9 Å². The number of carbonyl (C=O) groups excluding carboxylic acids is 2. The molecule has 0 fully saturated rings. The number of benzene rings is 2. The highest BCUT2D eigenvalue weighted by molar-refractivity contribution is 9.10. The summed E-state index contributed by atoms with van der Waals surface area (Å²) in [7, 11) is 1.30. The van der Waals surface area contributed by atoms with Crippen molar-refractivity contribution in [2.75, 3.05) is 25.2 Å². The fourth-order valence-electron chi connectivity index (χ4n) is 2.34. The first-order valence-corrected chi connectivity index (χ1v) is 7.98. The van der Waals surface area contributed by atoms with E-state index in [0.29, 0.717) is 40.4 Å². The van der Waals surface area contributed by atoms with E-state index in [-0.39, 0.29) is 0 Å². The Morgan fingerprint density at radius 1 is 1.21 bits per heavy atom. The number of hydrogen-bond donors (Lipinski definition) is 0. The fraction of sp³-hybridized carbons (Fsp3) is 0.176. The lowest BCUT2D eigenvalue weighted by atomic mass is 10.1. The van der Waals surface area contributed by atoms with Crippen molar-refractivity contribution in [2.24, 2.45) is 0 Å². The number of methoxy groups -OCH3 is 1. The lowest BCUT2D eigenvalue weighted by Gasteiger charge is -2.29. The van der Waals surface area contributed by atoms with Gasteiger partial charge in [0.2, 0.25) is 0 Å². The van der Waals surface area contributed by atoms with E-state index >= 15 is 0 Å². The van der Waals surface area contributed by atoms with E-state index in [2.05, 4.69) is 15.9 Å². The third-order valence-corrected chi connectivity index (χ3v) is 4.14. The van der Waals surface area contributed by atoms with E-state index in [1.54, 1.807) is 36.4 Å². The normalized spacial score (nSPS) is 12.8. The molecular weight excluding hydrogens is 378 g/mol. The molecule has 6 nitrogen and oxygen atoms in total. The van der Waals surface area contributed by atoms with Crippen LogP contribution in [0.3, 0.4) is 0 Å². The van der Waals surface area contributed by atoms with E-state index in [1.807, 2.05) is 6.07 Å². The number of rotatable bonds is 2. The molecule has 0 aromatic heterocycles. The number of ether oxygens (including phenoxy) is 3. The van der Waals surface area contributed by atoms with Crippen molar-refractivity contribution in [3.05, 3.63) is 52.5 Å². The van der Waals surface area contributed by atoms with Crippen molar-refractivity contribution in [3.8, 4) is 11.5 Å². The van der Waals surface area contributed by atoms with Crippen molar-refractivity contribution in [3.63, 3.8) is 0 Å². The summed E-state index contributed by atoms with van der Waals surface area (Å²) >= 11 is 3.31. The topological polar surface area (TPSA) is 65.1 Å². The van der Waals surface area contributed by atoms with Crippen molar-refractivity contribution in [2.45, 2.75) is 0 Å². The molecule has 24 heavy (non-hydrogen) atoms. The average molecular weight is 392 g/mol. The van der Waals surface area contributed by atoms with Gasteiger partial charge < -0.3 is 14.2 Å². The molecule has 0 spiro atoms. The Kier molecular flexibility index (Phi) is 4.71. The highest BCUT2D eigenvalue weighted by Gasteiger charge is 2.28. The second-order valence-corrected chi connectivity index (χ2v) is 5.83. The first-order chi connectivity index (χ1) is 11.6. The number of halogens is 1. The predicted octanol–water partition coefficient (Wildman–Crippen LogP) is 3.63. The molecule has 1 amide bonds. The molecule has 0 radical (unpaired) electrons. The van der Waals surface area contributed by atoms with Gasteiger partial charge in [-0.25, -0.2) is 9.59 Å². The standard InChI is InChI=1S/C17H14BrNO5/c1-22-16(20)12-9-14-15(10-13(12)18)23-8-7-19(14)17(21)24-11-5-3-2-4-6-11/h2-6,9-10H,7-8H2,1H3. The molecule has 124 valence electrons. The molecule has 1 aliphatic heterocycles. The Hall–Kier alpha value is -2.54. The fourth-order valence-corrected chi connectivity index (χ4v) is 2.82. The number of esters is 1. The molecule has 1 aliphatic rings. The van der Waals surface area contributed by atoms with Crippen LogP contribution in [0.15, 0.2) is 46.9 Å². The van der Waals surface area contributed by atoms with Gasteiger partial charge in [-0.3, -0.25) is 4.90 Å². The quantitative estimate of drug-likeness (QED) is 0.731.